The fraction of sp³-hybridized carbons (Fsp3) is 0.294. The molecule has 1 atom stereocenters. The average Bonchev–Trinajstić information content (AvgIpc) is 3.00. The van der Waals surface area contributed by atoms with E-state index in [0.717, 1.165) is 59.5 Å². The van der Waals surface area contributed by atoms with Crippen LogP contribution in [0.3, 0.4) is 0 Å². The van der Waals surface area contributed by atoms with Crippen LogP contribution in [0.5, 0.6) is 5.75 Å². The van der Waals surface area contributed by atoms with Gasteiger partial charge in [-0.1, -0.05) is 54.1 Å². The van der Waals surface area contributed by atoms with Crippen LogP contribution in [0.1, 0.15) is 64.1 Å². The van der Waals surface area contributed by atoms with E-state index in [1.807, 2.05) is 36.4 Å². The second-order valence-electron chi connectivity index (χ2n) is 10.6. The number of alkyl halides is 3. The third kappa shape index (κ3) is 7.34. The van der Waals surface area contributed by atoms with Gasteiger partial charge in [0, 0.05) is 22.3 Å². The number of halogens is 4. The summed E-state index contributed by atoms with van der Waals surface area (Å²) in [7, 11) is 0. The van der Waals surface area contributed by atoms with Gasteiger partial charge in [-0.2, -0.15) is 13.2 Å². The zero-order chi connectivity index (χ0) is 31.3. The molecule has 0 bridgehead atoms. The van der Waals surface area contributed by atoms with Crippen molar-refractivity contribution in [2.45, 2.75) is 51.4 Å². The summed E-state index contributed by atoms with van der Waals surface area (Å²) in [6.07, 6.45) is -1.17. The maximum Gasteiger partial charge on any atom is 0.416 e. The largest absolute Gasteiger partial charge is 0.489 e. The van der Waals surface area contributed by atoms with Gasteiger partial charge in [0.2, 0.25) is 0 Å². The number of fused-ring (bicyclic) bond motifs is 1. The summed E-state index contributed by atoms with van der Waals surface area (Å²) in [5.41, 5.74) is 3.75. The normalized spacial score (nSPS) is 14.6. The number of benzene rings is 3. The molecule has 1 aromatic heterocycles. The van der Waals surface area contributed by atoms with Crippen LogP contribution < -0.4 is 15.6 Å². The van der Waals surface area contributed by atoms with Crippen molar-refractivity contribution < 1.29 is 27.4 Å². The molecule has 0 spiro atoms. The molecule has 0 radical (unpaired) electrons. The van der Waals surface area contributed by atoms with Crippen LogP contribution in [0.25, 0.3) is 11.1 Å². The number of esters is 1. The predicted octanol–water partition coefficient (Wildman–Crippen LogP) is 7.68. The third-order valence-electron chi connectivity index (χ3n) is 7.69. The summed E-state index contributed by atoms with van der Waals surface area (Å²) < 4.78 is 49.9. The summed E-state index contributed by atoms with van der Waals surface area (Å²) >= 11 is 6.54. The third-order valence-corrected chi connectivity index (χ3v) is 8.04. The second kappa shape index (κ2) is 13.7. The van der Waals surface area contributed by atoms with Gasteiger partial charge in [0.05, 0.1) is 12.2 Å². The van der Waals surface area contributed by atoms with E-state index < -0.39 is 23.3 Å². The lowest BCUT2D eigenvalue weighted by molar-refractivity contribution is -0.137. The Hall–Kier alpha value is -4.08. The molecule has 1 aliphatic rings. The molecule has 1 aliphatic carbocycles. The first-order valence-corrected chi connectivity index (χ1v) is 14.8. The number of pyridine rings is 1. The number of carbonyl (C=O) groups is 1. The van der Waals surface area contributed by atoms with E-state index in [2.05, 4.69) is 10.3 Å². The Bertz CT molecular complexity index is 1690. The molecule has 2 N–H and O–H groups in total. The quantitative estimate of drug-likeness (QED) is 0.177. The predicted molar refractivity (Wildman–Crippen MR) is 163 cm³/mol. The SMILES string of the molecule is CCOC(=O)c1cc2c([nH]c1=O)CCCC2NCCc1ccccc1OCc1ccc(-c2ccc(C(F)(F)F)cc2)cc1Cl. The Kier molecular flexibility index (Phi) is 9.76. The minimum Gasteiger partial charge on any atom is -0.489 e. The summed E-state index contributed by atoms with van der Waals surface area (Å²) in [5.74, 6) is 0.0939. The van der Waals surface area contributed by atoms with Gasteiger partial charge in [0.15, 0.2) is 0 Å². The first kappa shape index (κ1) is 31.3. The smallest absolute Gasteiger partial charge is 0.416 e. The van der Waals surface area contributed by atoms with E-state index in [9.17, 15) is 22.8 Å². The van der Waals surface area contributed by atoms with E-state index in [0.29, 0.717) is 29.1 Å². The standard InChI is InChI=1S/C34H32ClF3N2O4/c1-2-43-33(42)27-19-26-29(7-5-8-30(26)40-32(27)41)39-17-16-22-6-3-4-9-31(22)44-20-24-11-10-23(18-28(24)35)21-12-14-25(15-13-21)34(36,37)38/h3-4,6,9-15,18-19,29,39H,2,5,7-8,16-17,20H2,1H3,(H,40,41). The van der Waals surface area contributed by atoms with Gasteiger partial charge in [-0.15, -0.1) is 0 Å². The van der Waals surface area contributed by atoms with Crippen molar-refractivity contribution in [2.24, 2.45) is 0 Å². The molecule has 5 rings (SSSR count). The molecule has 0 fully saturated rings. The van der Waals surface area contributed by atoms with Gasteiger partial charge in [-0.05, 0) is 91.7 Å². The summed E-state index contributed by atoms with van der Waals surface area (Å²) in [5, 5.41) is 4.03. The Balaban J connectivity index is 1.22. The molecule has 0 amide bonds. The van der Waals surface area contributed by atoms with Gasteiger partial charge < -0.3 is 19.8 Å². The van der Waals surface area contributed by atoms with Crippen LogP contribution in [-0.4, -0.2) is 24.1 Å². The number of nitrogens with one attached hydrogen (secondary N) is 2. The summed E-state index contributed by atoms with van der Waals surface area (Å²) in [6.45, 7) is 2.75. The Labute approximate surface area is 258 Å². The Morgan fingerprint density at radius 3 is 2.50 bits per heavy atom. The number of carbonyl (C=O) groups excluding carboxylic acids is 1. The first-order chi connectivity index (χ1) is 21.1. The molecule has 0 saturated carbocycles. The van der Waals surface area contributed by atoms with Crippen molar-refractivity contribution >= 4 is 17.6 Å². The number of H-pyrrole nitrogens is 1. The maximum absolute atomic E-state index is 12.9. The molecule has 44 heavy (non-hydrogen) atoms. The fourth-order valence-electron chi connectivity index (χ4n) is 5.40. The number of hydrogen-bond donors (Lipinski definition) is 2. The number of hydrogen-bond acceptors (Lipinski definition) is 5. The van der Waals surface area contributed by atoms with Crippen LogP contribution >= 0.6 is 11.6 Å². The minimum atomic E-state index is -4.39. The lowest BCUT2D eigenvalue weighted by Crippen LogP contribution is -2.31. The highest BCUT2D eigenvalue weighted by molar-refractivity contribution is 6.31. The van der Waals surface area contributed by atoms with Crippen molar-refractivity contribution in [3.8, 4) is 16.9 Å². The lowest BCUT2D eigenvalue weighted by atomic mass is 9.90. The number of aryl methyl sites for hydroxylation is 1. The van der Waals surface area contributed by atoms with Crippen LogP contribution in [0.15, 0.2) is 77.6 Å². The molecule has 3 aromatic carbocycles. The number of aromatic amines is 1. The van der Waals surface area contributed by atoms with Crippen molar-refractivity contribution in [3.05, 3.63) is 122 Å². The number of aromatic nitrogens is 1. The molecule has 0 aliphatic heterocycles. The van der Waals surface area contributed by atoms with Gasteiger partial charge >= 0.3 is 12.1 Å². The molecule has 1 unspecified atom stereocenters. The summed E-state index contributed by atoms with van der Waals surface area (Å²) in [4.78, 5) is 27.6. The highest BCUT2D eigenvalue weighted by Crippen LogP contribution is 2.33. The molecule has 230 valence electrons. The van der Waals surface area contributed by atoms with Crippen LogP contribution in [0, 0.1) is 0 Å². The lowest BCUT2D eigenvalue weighted by Gasteiger charge is -2.26. The number of ether oxygens (including phenoxy) is 2. The van der Waals surface area contributed by atoms with Gasteiger partial charge in [-0.3, -0.25) is 4.79 Å². The average molecular weight is 625 g/mol. The molecule has 6 nitrogen and oxygen atoms in total. The Morgan fingerprint density at radius 1 is 1.02 bits per heavy atom. The van der Waals surface area contributed by atoms with E-state index in [-0.39, 0.29) is 24.8 Å². The molecule has 1 heterocycles. The fourth-order valence-corrected chi connectivity index (χ4v) is 5.63. The van der Waals surface area contributed by atoms with Crippen molar-refractivity contribution in [1.82, 2.24) is 10.3 Å². The van der Waals surface area contributed by atoms with Crippen molar-refractivity contribution in [3.63, 3.8) is 0 Å². The van der Waals surface area contributed by atoms with Crippen LogP contribution in [0.4, 0.5) is 13.2 Å². The number of rotatable bonds is 10. The van der Waals surface area contributed by atoms with E-state index in [1.165, 1.54) is 12.1 Å². The maximum atomic E-state index is 12.9. The van der Waals surface area contributed by atoms with E-state index in [1.54, 1.807) is 19.1 Å². The topological polar surface area (TPSA) is 80.4 Å². The van der Waals surface area contributed by atoms with Gasteiger partial charge in [-0.25, -0.2) is 4.79 Å². The molecule has 0 saturated heterocycles. The van der Waals surface area contributed by atoms with E-state index in [4.69, 9.17) is 21.1 Å². The van der Waals surface area contributed by atoms with Crippen molar-refractivity contribution in [1.29, 1.82) is 0 Å². The molecule has 4 aromatic rings. The number of para-hydroxylation sites is 1. The summed E-state index contributed by atoms with van der Waals surface area (Å²) in [6, 6.07) is 19.7. The minimum absolute atomic E-state index is 0.0150. The Morgan fingerprint density at radius 2 is 1.77 bits per heavy atom. The van der Waals surface area contributed by atoms with Gasteiger partial charge in [0.25, 0.3) is 5.56 Å². The highest BCUT2D eigenvalue weighted by Gasteiger charge is 2.30. The molecule has 10 heteroatoms. The molecular formula is C34H32ClF3N2O4. The zero-order valence-corrected chi connectivity index (χ0v) is 24.9. The van der Waals surface area contributed by atoms with Gasteiger partial charge in [0.1, 0.15) is 17.9 Å². The monoisotopic (exact) mass is 624 g/mol. The van der Waals surface area contributed by atoms with E-state index >= 15 is 0 Å². The first-order valence-electron chi connectivity index (χ1n) is 14.5. The molecular weight excluding hydrogens is 593 g/mol. The second-order valence-corrected chi connectivity index (χ2v) is 11.0. The van der Waals surface area contributed by atoms with Crippen LogP contribution in [0.2, 0.25) is 5.02 Å². The van der Waals surface area contributed by atoms with Crippen molar-refractivity contribution in [2.75, 3.05) is 13.2 Å². The highest BCUT2D eigenvalue weighted by atomic mass is 35.5. The van der Waals surface area contributed by atoms with Crippen LogP contribution in [-0.2, 0) is 30.4 Å². The zero-order valence-electron chi connectivity index (χ0n) is 24.1.